The zero-order valence-corrected chi connectivity index (χ0v) is 13.0. The standard InChI is InChI=1S/C15H30N4O/c1-18-8-9-19(2)14(12-18)11-17-15(20)6-5-13-4-3-7-16-10-13/h13-14,16H,3-12H2,1-2H3,(H,17,20). The molecule has 2 aliphatic heterocycles. The number of piperidine rings is 1. The van der Waals surface area contributed by atoms with Crippen LogP contribution in [0.1, 0.15) is 25.7 Å². The van der Waals surface area contributed by atoms with Gasteiger partial charge in [-0.1, -0.05) is 0 Å². The molecule has 5 heteroatoms. The van der Waals surface area contributed by atoms with Crippen LogP contribution in [0, 0.1) is 5.92 Å². The molecule has 2 heterocycles. The number of piperazine rings is 1. The Bertz CT molecular complexity index is 304. The van der Waals surface area contributed by atoms with Crippen LogP contribution >= 0.6 is 0 Å². The van der Waals surface area contributed by atoms with Crippen LogP contribution in [0.2, 0.25) is 0 Å². The molecule has 2 unspecified atom stereocenters. The van der Waals surface area contributed by atoms with Gasteiger partial charge < -0.3 is 15.5 Å². The van der Waals surface area contributed by atoms with Crippen LogP contribution in [0.4, 0.5) is 0 Å². The van der Waals surface area contributed by atoms with E-state index in [1.807, 2.05) is 0 Å². The zero-order chi connectivity index (χ0) is 14.4. The van der Waals surface area contributed by atoms with Gasteiger partial charge in [0, 0.05) is 38.6 Å². The van der Waals surface area contributed by atoms with Crippen LogP contribution in [-0.2, 0) is 4.79 Å². The fourth-order valence-electron chi connectivity index (χ4n) is 3.15. The van der Waals surface area contributed by atoms with Gasteiger partial charge in [0.25, 0.3) is 0 Å². The van der Waals surface area contributed by atoms with Gasteiger partial charge in [-0.25, -0.2) is 0 Å². The zero-order valence-electron chi connectivity index (χ0n) is 13.0. The summed E-state index contributed by atoms with van der Waals surface area (Å²) in [7, 11) is 4.30. The van der Waals surface area contributed by atoms with Crippen LogP contribution in [0.5, 0.6) is 0 Å². The summed E-state index contributed by atoms with van der Waals surface area (Å²) in [6.07, 6.45) is 4.24. The van der Waals surface area contributed by atoms with Crippen molar-refractivity contribution in [1.82, 2.24) is 20.4 Å². The van der Waals surface area contributed by atoms with E-state index in [-0.39, 0.29) is 5.91 Å². The Hall–Kier alpha value is -0.650. The SMILES string of the molecule is CN1CCN(C)C(CNC(=O)CCC2CCCNC2)C1. The number of rotatable bonds is 5. The van der Waals surface area contributed by atoms with E-state index in [1.165, 1.54) is 12.8 Å². The second kappa shape index (κ2) is 7.96. The second-order valence-electron chi connectivity index (χ2n) is 6.45. The predicted octanol–water partition coefficient (Wildman–Crippen LogP) is 0.128. The number of hydrogen-bond donors (Lipinski definition) is 2. The molecule has 5 nitrogen and oxygen atoms in total. The van der Waals surface area contributed by atoms with Crippen LogP contribution in [0.15, 0.2) is 0 Å². The summed E-state index contributed by atoms with van der Waals surface area (Å²) in [5, 5.41) is 6.52. The van der Waals surface area contributed by atoms with Gasteiger partial charge in [-0.2, -0.15) is 0 Å². The van der Waals surface area contributed by atoms with Gasteiger partial charge in [0.1, 0.15) is 0 Å². The third-order valence-electron chi connectivity index (χ3n) is 4.69. The lowest BCUT2D eigenvalue weighted by Gasteiger charge is -2.37. The molecule has 0 saturated carbocycles. The molecule has 2 fully saturated rings. The van der Waals surface area contributed by atoms with Gasteiger partial charge in [-0.05, 0) is 52.4 Å². The van der Waals surface area contributed by atoms with E-state index >= 15 is 0 Å². The van der Waals surface area contributed by atoms with Crippen molar-refractivity contribution < 1.29 is 4.79 Å². The molecule has 20 heavy (non-hydrogen) atoms. The van der Waals surface area contributed by atoms with Crippen LogP contribution in [0.3, 0.4) is 0 Å². The lowest BCUT2D eigenvalue weighted by molar-refractivity contribution is -0.121. The van der Waals surface area contributed by atoms with E-state index in [0.717, 1.165) is 45.7 Å². The minimum atomic E-state index is 0.220. The Morgan fingerprint density at radius 3 is 2.95 bits per heavy atom. The maximum atomic E-state index is 12.0. The smallest absolute Gasteiger partial charge is 0.220 e. The van der Waals surface area contributed by atoms with Crippen molar-refractivity contribution in [2.45, 2.75) is 31.7 Å². The molecular formula is C15H30N4O. The van der Waals surface area contributed by atoms with Crippen LogP contribution in [0.25, 0.3) is 0 Å². The molecule has 2 N–H and O–H groups in total. The number of carbonyl (C=O) groups is 1. The summed E-state index contributed by atoms with van der Waals surface area (Å²) in [6, 6.07) is 0.453. The maximum Gasteiger partial charge on any atom is 0.220 e. The highest BCUT2D eigenvalue weighted by Gasteiger charge is 2.22. The molecule has 0 aromatic heterocycles. The number of likely N-dealkylation sites (N-methyl/N-ethyl adjacent to an activating group) is 2. The Morgan fingerprint density at radius 2 is 2.20 bits per heavy atom. The average molecular weight is 282 g/mol. The number of carbonyl (C=O) groups excluding carboxylic acids is 1. The number of amides is 1. The highest BCUT2D eigenvalue weighted by atomic mass is 16.1. The third-order valence-corrected chi connectivity index (χ3v) is 4.69. The predicted molar refractivity (Wildman–Crippen MR) is 81.8 cm³/mol. The summed E-state index contributed by atoms with van der Waals surface area (Å²) >= 11 is 0. The Kier molecular flexibility index (Phi) is 6.26. The van der Waals surface area contributed by atoms with E-state index in [2.05, 4.69) is 34.5 Å². The summed E-state index contributed by atoms with van der Waals surface area (Å²) in [4.78, 5) is 16.6. The summed E-state index contributed by atoms with van der Waals surface area (Å²) in [6.45, 7) is 6.26. The lowest BCUT2D eigenvalue weighted by Crippen LogP contribution is -2.54. The number of hydrogen-bond acceptors (Lipinski definition) is 4. The Labute approximate surface area is 123 Å². The normalized spacial score (nSPS) is 29.3. The van der Waals surface area contributed by atoms with E-state index in [0.29, 0.717) is 18.4 Å². The maximum absolute atomic E-state index is 12.0. The van der Waals surface area contributed by atoms with E-state index < -0.39 is 0 Å². The highest BCUT2D eigenvalue weighted by molar-refractivity contribution is 5.75. The van der Waals surface area contributed by atoms with E-state index in [1.54, 1.807) is 0 Å². The molecule has 0 aliphatic carbocycles. The molecule has 0 spiro atoms. The highest BCUT2D eigenvalue weighted by Crippen LogP contribution is 2.15. The first-order valence-electron chi connectivity index (χ1n) is 8.01. The fraction of sp³-hybridized carbons (Fsp3) is 0.933. The van der Waals surface area contributed by atoms with E-state index in [4.69, 9.17) is 0 Å². The molecule has 0 aromatic rings. The van der Waals surface area contributed by atoms with Crippen molar-refractivity contribution in [3.63, 3.8) is 0 Å². The first kappa shape index (κ1) is 15.7. The summed E-state index contributed by atoms with van der Waals surface area (Å²) in [5.74, 6) is 0.912. The molecule has 116 valence electrons. The van der Waals surface area contributed by atoms with Crippen LogP contribution in [-0.4, -0.2) is 75.1 Å². The van der Waals surface area contributed by atoms with Gasteiger partial charge in [-0.3, -0.25) is 9.69 Å². The monoisotopic (exact) mass is 282 g/mol. The van der Waals surface area contributed by atoms with Crippen molar-refractivity contribution >= 4 is 5.91 Å². The largest absolute Gasteiger partial charge is 0.354 e. The van der Waals surface area contributed by atoms with E-state index in [9.17, 15) is 4.79 Å². The molecular weight excluding hydrogens is 252 g/mol. The molecule has 2 aliphatic rings. The van der Waals surface area contributed by atoms with Crippen molar-refractivity contribution in [2.75, 3.05) is 53.4 Å². The van der Waals surface area contributed by atoms with Crippen molar-refractivity contribution in [2.24, 2.45) is 5.92 Å². The van der Waals surface area contributed by atoms with Crippen molar-refractivity contribution in [3.05, 3.63) is 0 Å². The molecule has 2 rings (SSSR count). The van der Waals surface area contributed by atoms with Crippen molar-refractivity contribution in [3.8, 4) is 0 Å². The Morgan fingerprint density at radius 1 is 1.35 bits per heavy atom. The molecule has 1 amide bonds. The first-order chi connectivity index (χ1) is 9.65. The second-order valence-corrected chi connectivity index (χ2v) is 6.45. The Balaban J connectivity index is 1.61. The number of nitrogens with one attached hydrogen (secondary N) is 2. The quantitative estimate of drug-likeness (QED) is 0.752. The molecule has 0 aromatic carbocycles. The first-order valence-corrected chi connectivity index (χ1v) is 8.01. The minimum Gasteiger partial charge on any atom is -0.354 e. The topological polar surface area (TPSA) is 47.6 Å². The molecule has 2 atom stereocenters. The van der Waals surface area contributed by atoms with Gasteiger partial charge in [0.15, 0.2) is 0 Å². The molecule has 0 bridgehead atoms. The minimum absolute atomic E-state index is 0.220. The molecule has 0 radical (unpaired) electrons. The number of nitrogens with zero attached hydrogens (tertiary/aromatic N) is 2. The third kappa shape index (κ3) is 5.04. The molecule has 2 saturated heterocycles. The summed E-state index contributed by atoms with van der Waals surface area (Å²) < 4.78 is 0. The average Bonchev–Trinajstić information content (AvgIpc) is 2.47. The van der Waals surface area contributed by atoms with Crippen LogP contribution < -0.4 is 10.6 Å². The van der Waals surface area contributed by atoms with Gasteiger partial charge in [-0.15, -0.1) is 0 Å². The lowest BCUT2D eigenvalue weighted by atomic mass is 9.94. The van der Waals surface area contributed by atoms with Crippen molar-refractivity contribution in [1.29, 1.82) is 0 Å². The summed E-state index contributed by atoms with van der Waals surface area (Å²) in [5.41, 5.74) is 0. The van der Waals surface area contributed by atoms with Gasteiger partial charge in [0.2, 0.25) is 5.91 Å². The van der Waals surface area contributed by atoms with Gasteiger partial charge in [0.05, 0.1) is 0 Å². The van der Waals surface area contributed by atoms with Gasteiger partial charge >= 0.3 is 0 Å². The fourth-order valence-corrected chi connectivity index (χ4v) is 3.15.